The summed E-state index contributed by atoms with van der Waals surface area (Å²) in [4.78, 5) is 12.8. The smallest absolute Gasteiger partial charge is 0.194 e. The zero-order valence-electron chi connectivity index (χ0n) is 11.3. The second kappa shape index (κ2) is 4.04. The number of aryl methyl sites for hydroxylation is 1. The molecule has 0 atom stereocenters. The van der Waals surface area contributed by atoms with Crippen LogP contribution in [0.1, 0.15) is 32.6 Å². The molecule has 0 spiro atoms. The maximum absolute atomic E-state index is 12.8. The SMILES string of the molecule is Cc1ccc2c3c(ccc2c1)Cc1ccccc1C3=O. The predicted octanol–water partition coefficient (Wildman–Crippen LogP) is 4.28. The van der Waals surface area contributed by atoms with Gasteiger partial charge in [-0.1, -0.05) is 60.2 Å². The molecule has 0 amide bonds. The van der Waals surface area contributed by atoms with Crippen LogP contribution in [-0.4, -0.2) is 5.78 Å². The van der Waals surface area contributed by atoms with Gasteiger partial charge in [-0.15, -0.1) is 0 Å². The summed E-state index contributed by atoms with van der Waals surface area (Å²) in [5, 5.41) is 2.23. The van der Waals surface area contributed by atoms with E-state index in [-0.39, 0.29) is 5.78 Å². The number of rotatable bonds is 0. The molecule has 0 saturated heterocycles. The molecule has 20 heavy (non-hydrogen) atoms. The molecule has 0 unspecified atom stereocenters. The Balaban J connectivity index is 2.04. The van der Waals surface area contributed by atoms with E-state index >= 15 is 0 Å². The molecule has 3 aromatic carbocycles. The lowest BCUT2D eigenvalue weighted by atomic mass is 9.82. The number of benzene rings is 3. The first-order valence-electron chi connectivity index (χ1n) is 6.89. The largest absolute Gasteiger partial charge is 0.289 e. The van der Waals surface area contributed by atoms with E-state index in [9.17, 15) is 4.79 Å². The molecule has 0 saturated carbocycles. The van der Waals surface area contributed by atoms with Crippen molar-refractivity contribution in [2.45, 2.75) is 13.3 Å². The fourth-order valence-corrected chi connectivity index (χ4v) is 3.15. The third-order valence-electron chi connectivity index (χ3n) is 4.13. The second-order valence-electron chi connectivity index (χ2n) is 5.49. The number of fused-ring (bicyclic) bond motifs is 4. The number of carbonyl (C=O) groups is 1. The van der Waals surface area contributed by atoms with Crippen LogP contribution in [0.2, 0.25) is 0 Å². The average Bonchev–Trinajstić information content (AvgIpc) is 2.47. The van der Waals surface area contributed by atoms with E-state index in [1.807, 2.05) is 18.2 Å². The van der Waals surface area contributed by atoms with Crippen molar-refractivity contribution in [2.75, 3.05) is 0 Å². The monoisotopic (exact) mass is 258 g/mol. The Morgan fingerprint density at radius 2 is 1.75 bits per heavy atom. The molecule has 3 aromatic rings. The van der Waals surface area contributed by atoms with Gasteiger partial charge >= 0.3 is 0 Å². The summed E-state index contributed by atoms with van der Waals surface area (Å²) in [6, 6.07) is 18.5. The van der Waals surface area contributed by atoms with Gasteiger partial charge in [-0.05, 0) is 35.2 Å². The summed E-state index contributed by atoms with van der Waals surface area (Å²) < 4.78 is 0. The van der Waals surface area contributed by atoms with Crippen LogP contribution in [-0.2, 0) is 6.42 Å². The quantitative estimate of drug-likeness (QED) is 0.460. The molecule has 0 fully saturated rings. The van der Waals surface area contributed by atoms with Gasteiger partial charge in [-0.3, -0.25) is 4.79 Å². The van der Waals surface area contributed by atoms with Crippen LogP contribution in [0.15, 0.2) is 54.6 Å². The molecule has 1 aliphatic carbocycles. The van der Waals surface area contributed by atoms with Crippen molar-refractivity contribution in [1.82, 2.24) is 0 Å². The summed E-state index contributed by atoms with van der Waals surface area (Å²) in [6.07, 6.45) is 0.848. The van der Waals surface area contributed by atoms with Gasteiger partial charge in [0.2, 0.25) is 0 Å². The minimum Gasteiger partial charge on any atom is -0.289 e. The fraction of sp³-hybridized carbons (Fsp3) is 0.105. The van der Waals surface area contributed by atoms with Crippen molar-refractivity contribution in [2.24, 2.45) is 0 Å². The molecule has 0 heterocycles. The first-order chi connectivity index (χ1) is 9.74. The Kier molecular flexibility index (Phi) is 2.31. The van der Waals surface area contributed by atoms with Crippen molar-refractivity contribution < 1.29 is 4.79 Å². The fourth-order valence-electron chi connectivity index (χ4n) is 3.15. The van der Waals surface area contributed by atoms with Crippen LogP contribution in [0.25, 0.3) is 10.8 Å². The Labute approximate surface area is 117 Å². The third-order valence-corrected chi connectivity index (χ3v) is 4.13. The van der Waals surface area contributed by atoms with Crippen LogP contribution < -0.4 is 0 Å². The minimum atomic E-state index is 0.163. The molecule has 0 bridgehead atoms. The maximum atomic E-state index is 12.8. The highest BCUT2D eigenvalue weighted by Gasteiger charge is 2.24. The molecule has 1 heteroatoms. The summed E-state index contributed by atoms with van der Waals surface area (Å²) in [7, 11) is 0. The van der Waals surface area contributed by atoms with Gasteiger partial charge in [0.1, 0.15) is 0 Å². The third kappa shape index (κ3) is 1.53. The molecule has 96 valence electrons. The average molecular weight is 258 g/mol. The highest BCUT2D eigenvalue weighted by Crippen LogP contribution is 2.32. The van der Waals surface area contributed by atoms with Gasteiger partial charge < -0.3 is 0 Å². The van der Waals surface area contributed by atoms with Crippen molar-refractivity contribution >= 4 is 16.6 Å². The van der Waals surface area contributed by atoms with E-state index in [1.165, 1.54) is 5.56 Å². The number of carbonyl (C=O) groups excluding carboxylic acids is 1. The maximum Gasteiger partial charge on any atom is 0.194 e. The van der Waals surface area contributed by atoms with Crippen LogP contribution in [0.5, 0.6) is 0 Å². The van der Waals surface area contributed by atoms with Crippen LogP contribution in [0.3, 0.4) is 0 Å². The topological polar surface area (TPSA) is 17.1 Å². The first-order valence-corrected chi connectivity index (χ1v) is 6.89. The van der Waals surface area contributed by atoms with E-state index in [0.29, 0.717) is 0 Å². The van der Waals surface area contributed by atoms with Crippen molar-refractivity contribution in [3.8, 4) is 0 Å². The van der Waals surface area contributed by atoms with E-state index in [4.69, 9.17) is 0 Å². The van der Waals surface area contributed by atoms with Gasteiger partial charge in [-0.25, -0.2) is 0 Å². The van der Waals surface area contributed by atoms with Gasteiger partial charge in [0.05, 0.1) is 0 Å². The van der Waals surface area contributed by atoms with Crippen LogP contribution in [0.4, 0.5) is 0 Å². The molecule has 1 aliphatic rings. The molecule has 0 aromatic heterocycles. The Morgan fingerprint density at radius 1 is 0.900 bits per heavy atom. The molecular formula is C19H14O. The van der Waals surface area contributed by atoms with Gasteiger partial charge in [0.25, 0.3) is 0 Å². The lowest BCUT2D eigenvalue weighted by Gasteiger charge is -2.20. The molecular weight excluding hydrogens is 244 g/mol. The Hall–Kier alpha value is -2.41. The van der Waals surface area contributed by atoms with Crippen molar-refractivity contribution in [3.05, 3.63) is 82.4 Å². The summed E-state index contributed by atoms with van der Waals surface area (Å²) in [5.74, 6) is 0.163. The van der Waals surface area contributed by atoms with E-state index in [2.05, 4.69) is 43.3 Å². The highest BCUT2D eigenvalue weighted by molar-refractivity contribution is 6.19. The highest BCUT2D eigenvalue weighted by atomic mass is 16.1. The lowest BCUT2D eigenvalue weighted by molar-refractivity contribution is 0.103. The molecule has 0 N–H and O–H groups in total. The van der Waals surface area contributed by atoms with E-state index in [0.717, 1.165) is 39.4 Å². The summed E-state index contributed by atoms with van der Waals surface area (Å²) in [6.45, 7) is 2.08. The zero-order chi connectivity index (χ0) is 13.7. The van der Waals surface area contributed by atoms with Crippen molar-refractivity contribution in [1.29, 1.82) is 0 Å². The van der Waals surface area contributed by atoms with Gasteiger partial charge in [0, 0.05) is 11.1 Å². The predicted molar refractivity (Wildman–Crippen MR) is 81.4 cm³/mol. The standard InChI is InChI=1S/C19H14O/c1-12-6-9-16-14(10-12)7-8-15-11-13-4-2-3-5-17(13)19(20)18(15)16/h2-10H,11H2,1H3. The normalized spacial score (nSPS) is 13.2. The Morgan fingerprint density at radius 3 is 2.65 bits per heavy atom. The molecule has 0 aliphatic heterocycles. The Bertz CT molecular complexity index is 859. The van der Waals surface area contributed by atoms with Gasteiger partial charge in [-0.2, -0.15) is 0 Å². The number of ketones is 1. The molecule has 1 nitrogen and oxygen atoms in total. The molecule has 0 radical (unpaired) electrons. The van der Waals surface area contributed by atoms with Crippen LogP contribution in [0, 0.1) is 6.92 Å². The summed E-state index contributed by atoms with van der Waals surface area (Å²) >= 11 is 0. The number of hydrogen-bond acceptors (Lipinski definition) is 1. The number of hydrogen-bond donors (Lipinski definition) is 0. The minimum absolute atomic E-state index is 0.163. The van der Waals surface area contributed by atoms with Crippen LogP contribution >= 0.6 is 0 Å². The second-order valence-corrected chi connectivity index (χ2v) is 5.49. The van der Waals surface area contributed by atoms with Crippen molar-refractivity contribution in [3.63, 3.8) is 0 Å². The lowest BCUT2D eigenvalue weighted by Crippen LogP contribution is -2.15. The first kappa shape index (κ1) is 11.4. The van der Waals surface area contributed by atoms with Gasteiger partial charge in [0.15, 0.2) is 5.78 Å². The van der Waals surface area contributed by atoms with E-state index in [1.54, 1.807) is 0 Å². The molecule has 4 rings (SSSR count). The van der Waals surface area contributed by atoms with E-state index < -0.39 is 0 Å². The zero-order valence-corrected chi connectivity index (χ0v) is 11.3. The summed E-state index contributed by atoms with van der Waals surface area (Å²) in [5.41, 5.74) is 5.25.